The van der Waals surface area contributed by atoms with Gasteiger partial charge in [0.2, 0.25) is 10.0 Å². The van der Waals surface area contributed by atoms with E-state index in [1.807, 2.05) is 30.3 Å². The van der Waals surface area contributed by atoms with E-state index in [1.165, 1.54) is 0 Å². The van der Waals surface area contributed by atoms with E-state index in [-0.39, 0.29) is 6.04 Å². The minimum Gasteiger partial charge on any atom is -0.207 e. The third-order valence-electron chi connectivity index (χ3n) is 3.82. The van der Waals surface area contributed by atoms with Crippen molar-refractivity contribution in [2.45, 2.75) is 23.8 Å². The lowest BCUT2D eigenvalue weighted by molar-refractivity contribution is 0.397. The molecule has 1 atom stereocenters. The van der Waals surface area contributed by atoms with Gasteiger partial charge in [-0.05, 0) is 36.6 Å². The quantitative estimate of drug-likeness (QED) is 0.860. The molecule has 1 fully saturated rings. The first kappa shape index (κ1) is 14.6. The Morgan fingerprint density at radius 2 is 1.67 bits per heavy atom. The van der Waals surface area contributed by atoms with Crippen LogP contribution in [0.2, 0.25) is 5.02 Å². The Morgan fingerprint density at radius 1 is 1.00 bits per heavy atom. The Balaban J connectivity index is 2.00. The molecule has 0 bridgehead atoms. The van der Waals surface area contributed by atoms with Crippen LogP contribution in [0.25, 0.3) is 0 Å². The first-order valence-corrected chi connectivity index (χ1v) is 8.74. The van der Waals surface area contributed by atoms with Gasteiger partial charge in [-0.3, -0.25) is 0 Å². The third-order valence-corrected chi connectivity index (χ3v) is 6.08. The van der Waals surface area contributed by atoms with E-state index in [9.17, 15) is 8.42 Å². The van der Waals surface area contributed by atoms with Crippen LogP contribution in [-0.4, -0.2) is 19.3 Å². The zero-order valence-electron chi connectivity index (χ0n) is 11.4. The predicted molar refractivity (Wildman–Crippen MR) is 83.8 cm³/mol. The van der Waals surface area contributed by atoms with E-state index in [1.54, 1.807) is 28.6 Å². The van der Waals surface area contributed by atoms with Gasteiger partial charge in [-0.2, -0.15) is 4.31 Å². The summed E-state index contributed by atoms with van der Waals surface area (Å²) in [7, 11) is -3.48. The molecule has 2 aromatic rings. The summed E-state index contributed by atoms with van der Waals surface area (Å²) >= 11 is 6.24. The predicted octanol–water partition coefficient (Wildman–Crippen LogP) is 3.87. The molecule has 0 aromatic heterocycles. The summed E-state index contributed by atoms with van der Waals surface area (Å²) in [5.41, 5.74) is 0.885. The summed E-state index contributed by atoms with van der Waals surface area (Å²) in [6.07, 6.45) is 1.65. The number of halogens is 1. The maximum Gasteiger partial charge on any atom is 0.243 e. The van der Waals surface area contributed by atoms with Crippen molar-refractivity contribution in [2.24, 2.45) is 0 Å². The van der Waals surface area contributed by atoms with Gasteiger partial charge in [0.25, 0.3) is 0 Å². The van der Waals surface area contributed by atoms with E-state index in [0.717, 1.165) is 18.4 Å². The second kappa shape index (κ2) is 5.79. The highest BCUT2D eigenvalue weighted by atomic mass is 35.5. The molecule has 3 rings (SSSR count). The van der Waals surface area contributed by atoms with Crippen molar-refractivity contribution in [1.29, 1.82) is 0 Å². The molecule has 1 heterocycles. The molecule has 0 spiro atoms. The minimum absolute atomic E-state index is 0.177. The number of sulfonamides is 1. The van der Waals surface area contributed by atoms with Crippen LogP contribution in [0.4, 0.5) is 0 Å². The van der Waals surface area contributed by atoms with E-state index < -0.39 is 10.0 Å². The van der Waals surface area contributed by atoms with Gasteiger partial charge in [0.05, 0.1) is 10.9 Å². The maximum atomic E-state index is 12.8. The summed E-state index contributed by atoms with van der Waals surface area (Å²) in [5, 5.41) is 0.623. The lowest BCUT2D eigenvalue weighted by atomic mass is 10.1. The topological polar surface area (TPSA) is 37.4 Å². The monoisotopic (exact) mass is 321 g/mol. The Morgan fingerprint density at radius 3 is 2.38 bits per heavy atom. The first-order valence-electron chi connectivity index (χ1n) is 6.92. The van der Waals surface area contributed by atoms with Gasteiger partial charge < -0.3 is 0 Å². The smallest absolute Gasteiger partial charge is 0.207 e. The molecule has 1 unspecified atom stereocenters. The van der Waals surface area contributed by atoms with Crippen LogP contribution in [0.3, 0.4) is 0 Å². The number of rotatable bonds is 3. The molecule has 110 valence electrons. The standard InChI is InChI=1S/C16H16ClNO2S/c17-15-10-5-4-9-14(15)16-11-6-12-18(16)21(19,20)13-7-2-1-3-8-13/h1-5,7-10,16H,6,11-12H2. The van der Waals surface area contributed by atoms with Gasteiger partial charge in [-0.25, -0.2) is 8.42 Å². The second-order valence-electron chi connectivity index (χ2n) is 5.11. The van der Waals surface area contributed by atoms with Gasteiger partial charge in [-0.15, -0.1) is 0 Å². The van der Waals surface area contributed by atoms with Crippen molar-refractivity contribution in [3.05, 3.63) is 65.2 Å². The van der Waals surface area contributed by atoms with Crippen molar-refractivity contribution < 1.29 is 8.42 Å². The molecule has 2 aromatic carbocycles. The SMILES string of the molecule is O=S(=O)(c1ccccc1)N1CCCC1c1ccccc1Cl. The summed E-state index contributed by atoms with van der Waals surface area (Å²) in [6.45, 7) is 0.535. The molecule has 0 saturated carbocycles. The van der Waals surface area contributed by atoms with E-state index in [0.29, 0.717) is 16.5 Å². The number of hydrogen-bond acceptors (Lipinski definition) is 2. The fraction of sp³-hybridized carbons (Fsp3) is 0.250. The van der Waals surface area contributed by atoms with Crippen molar-refractivity contribution in [3.63, 3.8) is 0 Å². The zero-order chi connectivity index (χ0) is 14.9. The highest BCUT2D eigenvalue weighted by Gasteiger charge is 2.36. The molecule has 1 saturated heterocycles. The van der Waals surface area contributed by atoms with Gasteiger partial charge in [0.1, 0.15) is 0 Å². The van der Waals surface area contributed by atoms with E-state index in [2.05, 4.69) is 0 Å². The summed E-state index contributed by atoms with van der Waals surface area (Å²) in [6, 6.07) is 15.9. The minimum atomic E-state index is -3.48. The lowest BCUT2D eigenvalue weighted by Crippen LogP contribution is -2.30. The number of benzene rings is 2. The van der Waals surface area contributed by atoms with Gasteiger partial charge >= 0.3 is 0 Å². The largest absolute Gasteiger partial charge is 0.243 e. The summed E-state index contributed by atoms with van der Waals surface area (Å²) in [5.74, 6) is 0. The molecular weight excluding hydrogens is 306 g/mol. The Hall–Kier alpha value is -1.36. The molecule has 5 heteroatoms. The van der Waals surface area contributed by atoms with Crippen LogP contribution in [-0.2, 0) is 10.0 Å². The van der Waals surface area contributed by atoms with Crippen LogP contribution in [0.5, 0.6) is 0 Å². The van der Waals surface area contributed by atoms with Crippen LogP contribution >= 0.6 is 11.6 Å². The van der Waals surface area contributed by atoms with Crippen LogP contribution in [0.15, 0.2) is 59.5 Å². The summed E-state index contributed by atoms with van der Waals surface area (Å²) < 4.78 is 27.2. The molecule has 1 aliphatic rings. The average Bonchev–Trinajstić information content (AvgIpc) is 2.99. The Kier molecular flexibility index (Phi) is 4.02. The molecule has 3 nitrogen and oxygen atoms in total. The number of nitrogens with zero attached hydrogens (tertiary/aromatic N) is 1. The van der Waals surface area contributed by atoms with Crippen molar-refractivity contribution in [1.82, 2.24) is 4.31 Å². The van der Waals surface area contributed by atoms with Gasteiger partial charge in [0.15, 0.2) is 0 Å². The van der Waals surface area contributed by atoms with Crippen LogP contribution < -0.4 is 0 Å². The van der Waals surface area contributed by atoms with Gasteiger partial charge in [0, 0.05) is 11.6 Å². The molecule has 0 amide bonds. The Labute approximate surface area is 130 Å². The molecule has 0 aliphatic carbocycles. The maximum absolute atomic E-state index is 12.8. The lowest BCUT2D eigenvalue weighted by Gasteiger charge is -2.25. The third kappa shape index (κ3) is 2.71. The van der Waals surface area contributed by atoms with E-state index in [4.69, 9.17) is 11.6 Å². The molecule has 21 heavy (non-hydrogen) atoms. The van der Waals surface area contributed by atoms with Crippen LogP contribution in [0.1, 0.15) is 24.4 Å². The van der Waals surface area contributed by atoms with Crippen LogP contribution in [0, 0.1) is 0 Å². The summed E-state index contributed by atoms with van der Waals surface area (Å²) in [4.78, 5) is 0.337. The normalized spacial score (nSPS) is 19.8. The fourth-order valence-electron chi connectivity index (χ4n) is 2.81. The highest BCUT2D eigenvalue weighted by Crippen LogP contribution is 2.39. The molecule has 1 aliphatic heterocycles. The van der Waals surface area contributed by atoms with E-state index >= 15 is 0 Å². The molecule has 0 radical (unpaired) electrons. The zero-order valence-corrected chi connectivity index (χ0v) is 13.0. The van der Waals surface area contributed by atoms with Gasteiger partial charge in [-0.1, -0.05) is 48.0 Å². The van der Waals surface area contributed by atoms with Crippen molar-refractivity contribution >= 4 is 21.6 Å². The molecular formula is C16H16ClNO2S. The first-order chi connectivity index (χ1) is 10.1. The average molecular weight is 322 g/mol. The highest BCUT2D eigenvalue weighted by molar-refractivity contribution is 7.89. The Bertz CT molecular complexity index is 731. The van der Waals surface area contributed by atoms with Crippen molar-refractivity contribution in [2.75, 3.05) is 6.54 Å². The van der Waals surface area contributed by atoms with Crippen molar-refractivity contribution in [3.8, 4) is 0 Å². The fourth-order valence-corrected chi connectivity index (χ4v) is 4.77. The molecule has 0 N–H and O–H groups in total. The second-order valence-corrected chi connectivity index (χ2v) is 7.41. The number of hydrogen-bond donors (Lipinski definition) is 0.